The fraction of sp³-hybridized carbons (Fsp3) is 0.923. The molecule has 98 valence electrons. The van der Waals surface area contributed by atoms with Crippen LogP contribution in [0.15, 0.2) is 0 Å². The van der Waals surface area contributed by atoms with Crippen LogP contribution in [-0.4, -0.2) is 54.5 Å². The molecule has 4 heteroatoms. The van der Waals surface area contributed by atoms with E-state index in [9.17, 15) is 4.79 Å². The number of rotatable bonds is 5. The van der Waals surface area contributed by atoms with Gasteiger partial charge in [-0.1, -0.05) is 0 Å². The van der Waals surface area contributed by atoms with Gasteiger partial charge in [0.25, 0.3) is 0 Å². The van der Waals surface area contributed by atoms with Crippen LogP contribution in [0.1, 0.15) is 32.6 Å². The molecule has 1 saturated carbocycles. The van der Waals surface area contributed by atoms with Crippen LogP contribution < -0.4 is 5.73 Å². The summed E-state index contributed by atoms with van der Waals surface area (Å²) < 4.78 is 0. The van der Waals surface area contributed by atoms with Crippen molar-refractivity contribution in [1.82, 2.24) is 9.80 Å². The summed E-state index contributed by atoms with van der Waals surface area (Å²) in [6, 6.07) is 0.784. The molecule has 0 aromatic rings. The fourth-order valence-electron chi connectivity index (χ4n) is 2.86. The number of amides is 1. The second-order valence-corrected chi connectivity index (χ2v) is 5.49. The first-order chi connectivity index (χ1) is 8.20. The molecule has 1 atom stereocenters. The van der Waals surface area contributed by atoms with Crippen LogP contribution in [0.3, 0.4) is 0 Å². The van der Waals surface area contributed by atoms with Crippen molar-refractivity contribution < 1.29 is 4.79 Å². The Morgan fingerprint density at radius 3 is 2.76 bits per heavy atom. The van der Waals surface area contributed by atoms with Gasteiger partial charge >= 0.3 is 0 Å². The third-order valence-electron chi connectivity index (χ3n) is 3.94. The fourth-order valence-corrected chi connectivity index (χ4v) is 2.86. The Kier molecular flexibility index (Phi) is 4.40. The summed E-state index contributed by atoms with van der Waals surface area (Å²) in [5, 5.41) is 0. The summed E-state index contributed by atoms with van der Waals surface area (Å²) in [5.74, 6) is 0.881. The van der Waals surface area contributed by atoms with E-state index in [1.807, 2.05) is 4.90 Å². The van der Waals surface area contributed by atoms with E-state index in [0.29, 0.717) is 5.92 Å². The smallest absolute Gasteiger partial charge is 0.219 e. The Bertz CT molecular complexity index is 265. The lowest BCUT2D eigenvalue weighted by atomic mass is 9.97. The van der Waals surface area contributed by atoms with Gasteiger partial charge in [-0.25, -0.2) is 0 Å². The van der Waals surface area contributed by atoms with Crippen LogP contribution in [0.25, 0.3) is 0 Å². The van der Waals surface area contributed by atoms with E-state index in [1.54, 1.807) is 6.92 Å². The minimum atomic E-state index is 0.228. The maximum Gasteiger partial charge on any atom is 0.219 e. The summed E-state index contributed by atoms with van der Waals surface area (Å²) in [4.78, 5) is 15.9. The molecule has 0 spiro atoms. The van der Waals surface area contributed by atoms with Crippen molar-refractivity contribution in [2.75, 3.05) is 32.7 Å². The quantitative estimate of drug-likeness (QED) is 0.767. The monoisotopic (exact) mass is 239 g/mol. The Morgan fingerprint density at radius 2 is 2.18 bits per heavy atom. The normalized spacial score (nSPS) is 25.4. The van der Waals surface area contributed by atoms with Gasteiger partial charge in [-0.05, 0) is 31.6 Å². The van der Waals surface area contributed by atoms with E-state index in [2.05, 4.69) is 4.90 Å². The van der Waals surface area contributed by atoms with E-state index in [4.69, 9.17) is 5.73 Å². The van der Waals surface area contributed by atoms with Crippen molar-refractivity contribution in [2.45, 2.75) is 38.6 Å². The van der Waals surface area contributed by atoms with Gasteiger partial charge in [-0.2, -0.15) is 0 Å². The summed E-state index contributed by atoms with van der Waals surface area (Å²) in [5.41, 5.74) is 5.67. The van der Waals surface area contributed by atoms with E-state index >= 15 is 0 Å². The zero-order chi connectivity index (χ0) is 12.3. The Labute approximate surface area is 104 Å². The van der Waals surface area contributed by atoms with Crippen molar-refractivity contribution >= 4 is 5.91 Å². The number of hydrogen-bond acceptors (Lipinski definition) is 3. The van der Waals surface area contributed by atoms with Crippen LogP contribution in [0.5, 0.6) is 0 Å². The summed E-state index contributed by atoms with van der Waals surface area (Å²) >= 11 is 0. The van der Waals surface area contributed by atoms with Crippen LogP contribution in [0, 0.1) is 5.92 Å². The van der Waals surface area contributed by atoms with Gasteiger partial charge < -0.3 is 10.6 Å². The number of nitrogens with two attached hydrogens (primary N) is 1. The highest BCUT2D eigenvalue weighted by molar-refractivity contribution is 5.73. The summed E-state index contributed by atoms with van der Waals surface area (Å²) in [6.07, 6.45) is 5.09. The van der Waals surface area contributed by atoms with Gasteiger partial charge in [0.2, 0.25) is 5.91 Å². The minimum absolute atomic E-state index is 0.228. The van der Waals surface area contributed by atoms with Crippen molar-refractivity contribution in [1.29, 1.82) is 0 Å². The molecule has 4 nitrogen and oxygen atoms in total. The predicted octanol–water partition coefficient (Wildman–Crippen LogP) is 0.668. The lowest BCUT2D eigenvalue weighted by molar-refractivity contribution is -0.130. The zero-order valence-corrected chi connectivity index (χ0v) is 10.9. The first-order valence-corrected chi connectivity index (χ1v) is 6.90. The van der Waals surface area contributed by atoms with Gasteiger partial charge in [0.1, 0.15) is 0 Å². The highest BCUT2D eigenvalue weighted by atomic mass is 16.2. The van der Waals surface area contributed by atoms with Crippen LogP contribution >= 0.6 is 0 Å². The van der Waals surface area contributed by atoms with Crippen molar-refractivity contribution in [3.05, 3.63) is 0 Å². The predicted molar refractivity (Wildman–Crippen MR) is 68.6 cm³/mol. The van der Waals surface area contributed by atoms with E-state index < -0.39 is 0 Å². The van der Waals surface area contributed by atoms with E-state index in [-0.39, 0.29) is 5.91 Å². The highest BCUT2D eigenvalue weighted by Gasteiger charge is 2.31. The molecule has 0 unspecified atom stereocenters. The lowest BCUT2D eigenvalue weighted by Crippen LogP contribution is -2.44. The molecule has 2 fully saturated rings. The lowest BCUT2D eigenvalue weighted by Gasteiger charge is -2.35. The molecule has 2 rings (SSSR count). The molecule has 1 amide bonds. The SMILES string of the molecule is CC(=O)N1CCC[C@H](CN(CCN)C2CC2)C1. The average Bonchev–Trinajstić information content (AvgIpc) is 3.13. The molecular formula is C13H25N3O. The maximum atomic E-state index is 11.4. The Balaban J connectivity index is 1.82. The highest BCUT2D eigenvalue weighted by Crippen LogP contribution is 2.28. The first-order valence-electron chi connectivity index (χ1n) is 6.90. The Morgan fingerprint density at radius 1 is 1.41 bits per heavy atom. The summed E-state index contributed by atoms with van der Waals surface area (Å²) in [6.45, 7) is 6.47. The largest absolute Gasteiger partial charge is 0.343 e. The second-order valence-electron chi connectivity index (χ2n) is 5.49. The molecule has 1 aliphatic carbocycles. The number of likely N-dealkylation sites (tertiary alicyclic amines) is 1. The van der Waals surface area contributed by atoms with Gasteiger partial charge in [-0.3, -0.25) is 9.69 Å². The molecule has 2 aliphatic rings. The number of nitrogens with zero attached hydrogens (tertiary/aromatic N) is 2. The van der Waals surface area contributed by atoms with Crippen molar-refractivity contribution in [2.24, 2.45) is 11.7 Å². The van der Waals surface area contributed by atoms with Crippen LogP contribution in [0.2, 0.25) is 0 Å². The molecule has 1 aliphatic heterocycles. The first kappa shape index (κ1) is 12.8. The molecule has 2 N–H and O–H groups in total. The number of hydrogen-bond donors (Lipinski definition) is 1. The van der Waals surface area contributed by atoms with Gasteiger partial charge in [0.15, 0.2) is 0 Å². The third kappa shape index (κ3) is 3.68. The second kappa shape index (κ2) is 5.83. The number of carbonyl (C=O) groups excluding carboxylic acids is 1. The molecular weight excluding hydrogens is 214 g/mol. The minimum Gasteiger partial charge on any atom is -0.343 e. The molecule has 0 bridgehead atoms. The summed E-state index contributed by atoms with van der Waals surface area (Å²) in [7, 11) is 0. The molecule has 0 aromatic heterocycles. The number of carbonyl (C=O) groups is 1. The van der Waals surface area contributed by atoms with Crippen LogP contribution in [-0.2, 0) is 4.79 Å². The molecule has 0 radical (unpaired) electrons. The Hall–Kier alpha value is -0.610. The molecule has 1 heterocycles. The average molecular weight is 239 g/mol. The van der Waals surface area contributed by atoms with Gasteiger partial charge in [-0.15, -0.1) is 0 Å². The van der Waals surface area contributed by atoms with Crippen molar-refractivity contribution in [3.8, 4) is 0 Å². The molecule has 1 saturated heterocycles. The maximum absolute atomic E-state index is 11.4. The topological polar surface area (TPSA) is 49.6 Å². The molecule has 17 heavy (non-hydrogen) atoms. The zero-order valence-electron chi connectivity index (χ0n) is 10.9. The van der Waals surface area contributed by atoms with Gasteiger partial charge in [0, 0.05) is 45.7 Å². The van der Waals surface area contributed by atoms with Crippen LogP contribution in [0.4, 0.5) is 0 Å². The van der Waals surface area contributed by atoms with E-state index in [0.717, 1.165) is 45.2 Å². The number of piperidine rings is 1. The third-order valence-corrected chi connectivity index (χ3v) is 3.94. The van der Waals surface area contributed by atoms with E-state index in [1.165, 1.54) is 19.3 Å². The van der Waals surface area contributed by atoms with Crippen molar-refractivity contribution in [3.63, 3.8) is 0 Å². The standard InChI is InChI=1S/C13H25N3O/c1-11(17)15-7-2-3-12(9-15)10-16(8-6-14)13-4-5-13/h12-13H,2-10,14H2,1H3/t12-/m0/s1. The molecule has 0 aromatic carbocycles. The van der Waals surface area contributed by atoms with Gasteiger partial charge in [0.05, 0.1) is 0 Å².